The van der Waals surface area contributed by atoms with E-state index in [0.717, 1.165) is 16.7 Å². The van der Waals surface area contributed by atoms with Crippen LogP contribution in [0, 0.1) is 0 Å². The molecule has 2 rings (SSSR count). The number of rotatable bonds is 3. The zero-order chi connectivity index (χ0) is 13.0. The molecule has 0 spiro atoms. The van der Waals surface area contributed by atoms with E-state index in [1.165, 1.54) is 0 Å². The normalized spacial score (nSPS) is 13.3. The van der Waals surface area contributed by atoms with Crippen LogP contribution >= 0.6 is 0 Å². The Labute approximate surface area is 107 Å². The predicted octanol–water partition coefficient (Wildman–Crippen LogP) is 3.20. The minimum atomic E-state index is -0.519. The number of hydrogen-bond donors (Lipinski definition) is 2. The highest BCUT2D eigenvalue weighted by Gasteiger charge is 2.06. The van der Waals surface area contributed by atoms with Crippen LogP contribution in [0.5, 0.6) is 5.75 Å². The molecule has 18 heavy (non-hydrogen) atoms. The van der Waals surface area contributed by atoms with Crippen LogP contribution in [0.1, 0.15) is 18.1 Å². The molecule has 2 heteroatoms. The van der Waals surface area contributed by atoms with Crippen molar-refractivity contribution in [3.8, 4) is 5.75 Å². The molecule has 0 amide bonds. The maximum Gasteiger partial charge on any atom is 0.115 e. The molecule has 0 saturated heterocycles. The largest absolute Gasteiger partial charge is 0.508 e. The monoisotopic (exact) mass is 240 g/mol. The first-order chi connectivity index (χ1) is 8.66. The third-order valence-corrected chi connectivity index (χ3v) is 2.67. The van der Waals surface area contributed by atoms with Gasteiger partial charge in [0, 0.05) is 0 Å². The maximum atomic E-state index is 9.57. The first-order valence-corrected chi connectivity index (χ1v) is 5.91. The standard InChI is InChI=1S/C16H16O2/c1-12(17)11-16(13-5-3-2-4-6-13)14-7-9-15(18)10-8-14/h2-12,17-18H,1H3/b16-11-. The highest BCUT2D eigenvalue weighted by molar-refractivity contribution is 5.80. The molecule has 2 aromatic rings. The van der Waals surface area contributed by atoms with E-state index in [2.05, 4.69) is 0 Å². The molecule has 0 aromatic heterocycles. The number of phenolic OH excluding ortho intramolecular Hbond substituents is 1. The van der Waals surface area contributed by atoms with Gasteiger partial charge < -0.3 is 10.2 Å². The van der Waals surface area contributed by atoms with Crippen LogP contribution in [0.15, 0.2) is 60.7 Å². The second-order valence-electron chi connectivity index (χ2n) is 4.23. The third kappa shape index (κ3) is 2.99. The molecule has 92 valence electrons. The van der Waals surface area contributed by atoms with Crippen molar-refractivity contribution in [2.24, 2.45) is 0 Å². The Morgan fingerprint density at radius 3 is 2.06 bits per heavy atom. The van der Waals surface area contributed by atoms with Gasteiger partial charge in [-0.2, -0.15) is 0 Å². The average Bonchev–Trinajstić information content (AvgIpc) is 2.38. The Balaban J connectivity index is 2.47. The van der Waals surface area contributed by atoms with Crippen LogP contribution in [0.2, 0.25) is 0 Å². The van der Waals surface area contributed by atoms with E-state index in [4.69, 9.17) is 0 Å². The van der Waals surface area contributed by atoms with Crippen molar-refractivity contribution in [1.29, 1.82) is 0 Å². The van der Waals surface area contributed by atoms with Crippen molar-refractivity contribution in [2.45, 2.75) is 13.0 Å². The molecule has 2 aromatic carbocycles. The number of aliphatic hydroxyl groups excluding tert-OH is 1. The molecule has 0 aliphatic heterocycles. The molecule has 0 radical (unpaired) electrons. The molecule has 1 unspecified atom stereocenters. The molecule has 2 nitrogen and oxygen atoms in total. The average molecular weight is 240 g/mol. The fraction of sp³-hybridized carbons (Fsp3) is 0.125. The highest BCUT2D eigenvalue weighted by atomic mass is 16.3. The van der Waals surface area contributed by atoms with Crippen LogP contribution < -0.4 is 0 Å². The lowest BCUT2D eigenvalue weighted by molar-refractivity contribution is 0.244. The second-order valence-corrected chi connectivity index (χ2v) is 4.23. The van der Waals surface area contributed by atoms with Gasteiger partial charge in [-0.15, -0.1) is 0 Å². The summed E-state index contributed by atoms with van der Waals surface area (Å²) in [4.78, 5) is 0. The van der Waals surface area contributed by atoms with Crippen LogP contribution in [0.25, 0.3) is 5.57 Å². The summed E-state index contributed by atoms with van der Waals surface area (Å²) in [5.41, 5.74) is 2.98. The van der Waals surface area contributed by atoms with E-state index in [1.807, 2.05) is 48.5 Å². The molecule has 0 heterocycles. The molecular formula is C16H16O2. The van der Waals surface area contributed by atoms with Gasteiger partial charge in [0.1, 0.15) is 5.75 Å². The number of phenols is 1. The van der Waals surface area contributed by atoms with E-state index in [1.54, 1.807) is 19.1 Å². The lowest BCUT2D eigenvalue weighted by atomic mass is 9.96. The Morgan fingerprint density at radius 1 is 0.944 bits per heavy atom. The van der Waals surface area contributed by atoms with E-state index < -0.39 is 6.10 Å². The third-order valence-electron chi connectivity index (χ3n) is 2.67. The lowest BCUT2D eigenvalue weighted by Crippen LogP contribution is -1.97. The maximum absolute atomic E-state index is 9.57. The molecule has 0 bridgehead atoms. The number of aliphatic hydroxyl groups is 1. The molecular weight excluding hydrogens is 224 g/mol. The van der Waals surface area contributed by atoms with Crippen molar-refractivity contribution < 1.29 is 10.2 Å². The van der Waals surface area contributed by atoms with Gasteiger partial charge in [0.15, 0.2) is 0 Å². The summed E-state index contributed by atoms with van der Waals surface area (Å²) in [6.07, 6.45) is 1.29. The fourth-order valence-electron chi connectivity index (χ4n) is 1.86. The Morgan fingerprint density at radius 2 is 1.50 bits per heavy atom. The Hall–Kier alpha value is -2.06. The zero-order valence-electron chi connectivity index (χ0n) is 10.2. The summed E-state index contributed by atoms with van der Waals surface area (Å²) in [5, 5.41) is 18.9. The van der Waals surface area contributed by atoms with E-state index in [9.17, 15) is 10.2 Å². The van der Waals surface area contributed by atoms with Crippen LogP contribution in [0.4, 0.5) is 0 Å². The van der Waals surface area contributed by atoms with Crippen molar-refractivity contribution in [3.05, 3.63) is 71.8 Å². The van der Waals surface area contributed by atoms with Gasteiger partial charge in [-0.3, -0.25) is 0 Å². The van der Waals surface area contributed by atoms with Gasteiger partial charge in [-0.05, 0) is 41.8 Å². The van der Waals surface area contributed by atoms with E-state index in [-0.39, 0.29) is 5.75 Å². The quantitative estimate of drug-likeness (QED) is 0.865. The Bertz CT molecular complexity index is 525. The van der Waals surface area contributed by atoms with Crippen molar-refractivity contribution in [3.63, 3.8) is 0 Å². The Kier molecular flexibility index (Phi) is 3.80. The predicted molar refractivity (Wildman–Crippen MR) is 73.3 cm³/mol. The first kappa shape index (κ1) is 12.4. The summed E-state index contributed by atoms with van der Waals surface area (Å²) < 4.78 is 0. The smallest absolute Gasteiger partial charge is 0.115 e. The van der Waals surface area contributed by atoms with Gasteiger partial charge >= 0.3 is 0 Å². The van der Waals surface area contributed by atoms with Crippen molar-refractivity contribution in [2.75, 3.05) is 0 Å². The summed E-state index contributed by atoms with van der Waals surface area (Å²) in [6.45, 7) is 1.73. The summed E-state index contributed by atoms with van der Waals surface area (Å²) in [7, 11) is 0. The molecule has 0 fully saturated rings. The number of hydrogen-bond acceptors (Lipinski definition) is 2. The van der Waals surface area contributed by atoms with Crippen LogP contribution in [-0.4, -0.2) is 16.3 Å². The number of benzene rings is 2. The molecule has 1 atom stereocenters. The van der Waals surface area contributed by atoms with Crippen molar-refractivity contribution in [1.82, 2.24) is 0 Å². The van der Waals surface area contributed by atoms with Gasteiger partial charge in [-0.25, -0.2) is 0 Å². The van der Waals surface area contributed by atoms with Gasteiger partial charge in [0.25, 0.3) is 0 Å². The summed E-state index contributed by atoms with van der Waals surface area (Å²) in [5.74, 6) is 0.239. The fourth-order valence-corrected chi connectivity index (χ4v) is 1.86. The highest BCUT2D eigenvalue weighted by Crippen LogP contribution is 2.25. The molecule has 2 N–H and O–H groups in total. The minimum Gasteiger partial charge on any atom is -0.508 e. The minimum absolute atomic E-state index is 0.239. The summed E-state index contributed by atoms with van der Waals surface area (Å²) >= 11 is 0. The van der Waals surface area contributed by atoms with Gasteiger partial charge in [-0.1, -0.05) is 42.5 Å². The van der Waals surface area contributed by atoms with Gasteiger partial charge in [0.05, 0.1) is 6.10 Å². The van der Waals surface area contributed by atoms with Crippen LogP contribution in [0.3, 0.4) is 0 Å². The van der Waals surface area contributed by atoms with Gasteiger partial charge in [0.2, 0.25) is 0 Å². The molecule has 0 aliphatic rings. The summed E-state index contributed by atoms with van der Waals surface area (Å²) in [6, 6.07) is 16.9. The topological polar surface area (TPSA) is 40.5 Å². The lowest BCUT2D eigenvalue weighted by Gasteiger charge is -2.10. The van der Waals surface area contributed by atoms with Crippen molar-refractivity contribution >= 4 is 5.57 Å². The second kappa shape index (κ2) is 5.52. The van der Waals surface area contributed by atoms with Crippen LogP contribution in [-0.2, 0) is 0 Å². The SMILES string of the molecule is CC(O)/C=C(/c1ccccc1)c1ccc(O)cc1. The zero-order valence-corrected chi connectivity index (χ0v) is 10.2. The van der Waals surface area contributed by atoms with E-state index in [0.29, 0.717) is 0 Å². The molecule has 0 saturated carbocycles. The molecule has 0 aliphatic carbocycles. The van der Waals surface area contributed by atoms with E-state index >= 15 is 0 Å². The number of aromatic hydroxyl groups is 1. The first-order valence-electron chi connectivity index (χ1n) is 5.91.